The summed E-state index contributed by atoms with van der Waals surface area (Å²) in [6, 6.07) is 0. The van der Waals surface area contributed by atoms with Gasteiger partial charge in [-0.3, -0.25) is 0 Å². The molecule has 0 amide bonds. The Hall–Kier alpha value is -0.160. The molecule has 2 spiro atoms. The molecule has 0 unspecified atom stereocenters. The van der Waals surface area contributed by atoms with Gasteiger partial charge in [-0.05, 0) is 64.5 Å². The van der Waals surface area contributed by atoms with E-state index in [4.69, 9.17) is 0 Å². The van der Waals surface area contributed by atoms with Crippen LogP contribution in [0.25, 0.3) is 0 Å². The minimum absolute atomic E-state index is 0.325. The number of aliphatic hydroxyl groups excluding tert-OH is 2. The highest BCUT2D eigenvalue weighted by molar-refractivity contribution is 4.99. The van der Waals surface area contributed by atoms with E-state index in [9.17, 15) is 10.2 Å². The lowest BCUT2D eigenvalue weighted by Crippen LogP contribution is -2.56. The molecule has 4 fully saturated rings. The lowest BCUT2D eigenvalue weighted by Gasteiger charge is -2.47. The number of aliphatic hydroxyl groups is 2. The van der Waals surface area contributed by atoms with Gasteiger partial charge in [0.05, 0.1) is 0 Å². The molecule has 152 valence electrons. The Morgan fingerprint density at radius 3 is 1.31 bits per heavy atom. The molecule has 4 aliphatic rings. The molecule has 4 N–H and O–H groups in total. The fourth-order valence-electron chi connectivity index (χ4n) is 6.26. The van der Waals surface area contributed by atoms with Crippen LogP contribution in [0.4, 0.5) is 0 Å². The van der Waals surface area contributed by atoms with E-state index >= 15 is 0 Å². The maximum Gasteiger partial charge on any atom is 0.0476 e. The maximum atomic E-state index is 9.37. The van der Waals surface area contributed by atoms with E-state index in [1.807, 2.05) is 0 Å². The van der Waals surface area contributed by atoms with Crippen molar-refractivity contribution in [1.29, 1.82) is 0 Å². The smallest absolute Gasteiger partial charge is 0.0476 e. The first-order valence-corrected chi connectivity index (χ1v) is 11.5. The molecule has 2 saturated heterocycles. The van der Waals surface area contributed by atoms with Crippen LogP contribution < -0.4 is 10.6 Å². The van der Waals surface area contributed by atoms with Crippen molar-refractivity contribution in [2.75, 3.05) is 26.3 Å². The normalized spacial score (nSPS) is 40.8. The van der Waals surface area contributed by atoms with Crippen molar-refractivity contribution < 1.29 is 10.2 Å². The third kappa shape index (κ3) is 4.63. The highest BCUT2D eigenvalue weighted by atomic mass is 16.3. The largest absolute Gasteiger partial charge is 0.396 e. The number of hydrogen-bond acceptors (Lipinski definition) is 4. The van der Waals surface area contributed by atoms with E-state index in [-0.39, 0.29) is 0 Å². The highest BCUT2D eigenvalue weighted by Crippen LogP contribution is 2.39. The molecule has 2 aliphatic heterocycles. The van der Waals surface area contributed by atoms with Gasteiger partial charge in [0.15, 0.2) is 0 Å². The monoisotopic (exact) mass is 366 g/mol. The topological polar surface area (TPSA) is 64.5 Å². The van der Waals surface area contributed by atoms with Crippen molar-refractivity contribution in [3.8, 4) is 0 Å². The first-order valence-electron chi connectivity index (χ1n) is 11.5. The molecule has 0 radical (unpaired) electrons. The minimum Gasteiger partial charge on any atom is -0.396 e. The molecule has 26 heavy (non-hydrogen) atoms. The zero-order valence-electron chi connectivity index (χ0n) is 16.8. The van der Waals surface area contributed by atoms with E-state index in [1.54, 1.807) is 0 Å². The summed E-state index contributed by atoms with van der Waals surface area (Å²) in [6.07, 6.45) is 18.3. The van der Waals surface area contributed by atoms with Crippen molar-refractivity contribution in [1.82, 2.24) is 10.6 Å². The summed E-state index contributed by atoms with van der Waals surface area (Å²) in [4.78, 5) is 0. The first kappa shape index (κ1) is 20.6. The Labute approximate surface area is 160 Å². The summed E-state index contributed by atoms with van der Waals surface area (Å²) in [5.74, 6) is 1.06. The minimum atomic E-state index is 0.325. The fraction of sp³-hybridized carbons (Fsp3) is 1.00. The van der Waals surface area contributed by atoms with Gasteiger partial charge >= 0.3 is 0 Å². The standard InChI is InChI=1S/2C11H21NO/c2*13-9-10-5-1-2-6-11(10)7-3-4-8-12-11/h2*10,12-13H,1-9H2/t2*10-,11+/m10/s1. The molecule has 0 aromatic carbocycles. The van der Waals surface area contributed by atoms with Crippen LogP contribution in [0.3, 0.4) is 0 Å². The SMILES string of the molecule is OC[C@@H]1CCCC[C@@]12CCCCN2.OC[C@H]1CCCC[C@]12CCCCN2. The summed E-state index contributed by atoms with van der Waals surface area (Å²) >= 11 is 0. The van der Waals surface area contributed by atoms with E-state index in [0.717, 1.165) is 13.1 Å². The predicted molar refractivity (Wildman–Crippen MR) is 107 cm³/mol. The van der Waals surface area contributed by atoms with Crippen LogP contribution >= 0.6 is 0 Å². The van der Waals surface area contributed by atoms with Crippen molar-refractivity contribution >= 4 is 0 Å². The molecular formula is C22H42N2O2. The van der Waals surface area contributed by atoms with Gasteiger partial charge in [-0.25, -0.2) is 0 Å². The molecule has 4 heteroatoms. The zero-order valence-corrected chi connectivity index (χ0v) is 16.8. The van der Waals surface area contributed by atoms with E-state index in [0.29, 0.717) is 36.1 Å². The van der Waals surface area contributed by atoms with Crippen molar-refractivity contribution in [3.63, 3.8) is 0 Å². The molecule has 2 saturated carbocycles. The average Bonchev–Trinajstić information content (AvgIpc) is 2.70. The molecule has 4 rings (SSSR count). The Balaban J connectivity index is 0.000000151. The van der Waals surface area contributed by atoms with E-state index in [1.165, 1.54) is 89.9 Å². The number of nitrogens with one attached hydrogen (secondary N) is 2. The van der Waals surface area contributed by atoms with Gasteiger partial charge < -0.3 is 20.8 Å². The Morgan fingerprint density at radius 2 is 0.962 bits per heavy atom. The van der Waals surface area contributed by atoms with Crippen molar-refractivity contribution in [2.45, 2.75) is 101 Å². The van der Waals surface area contributed by atoms with Gasteiger partial charge in [-0.15, -0.1) is 0 Å². The molecule has 4 atom stereocenters. The van der Waals surface area contributed by atoms with Gasteiger partial charge in [-0.2, -0.15) is 0 Å². The second-order valence-electron chi connectivity index (χ2n) is 9.33. The molecule has 2 heterocycles. The lowest BCUT2D eigenvalue weighted by molar-refractivity contribution is 0.0597. The van der Waals surface area contributed by atoms with E-state index < -0.39 is 0 Å². The zero-order chi connectivity index (χ0) is 18.3. The summed E-state index contributed by atoms with van der Waals surface area (Å²) in [7, 11) is 0. The Kier molecular flexibility index (Phi) is 7.80. The van der Waals surface area contributed by atoms with Gasteiger partial charge in [0.25, 0.3) is 0 Å². The predicted octanol–water partition coefficient (Wildman–Crippen LogP) is 3.36. The van der Waals surface area contributed by atoms with E-state index in [2.05, 4.69) is 10.6 Å². The Bertz CT molecular complexity index is 348. The van der Waals surface area contributed by atoms with Gasteiger partial charge in [0, 0.05) is 36.1 Å². The first-order chi connectivity index (χ1) is 12.7. The molecule has 2 aliphatic carbocycles. The molecule has 4 nitrogen and oxygen atoms in total. The van der Waals surface area contributed by atoms with Crippen LogP contribution in [0.15, 0.2) is 0 Å². The van der Waals surface area contributed by atoms with Crippen LogP contribution in [-0.4, -0.2) is 47.6 Å². The third-order valence-electron chi connectivity index (χ3n) is 7.91. The second kappa shape index (κ2) is 9.86. The summed E-state index contributed by atoms with van der Waals surface area (Å²) in [6.45, 7) is 3.09. The Morgan fingerprint density at radius 1 is 0.577 bits per heavy atom. The van der Waals surface area contributed by atoms with Crippen LogP contribution in [0.2, 0.25) is 0 Å². The molecule has 0 aromatic rings. The molecular weight excluding hydrogens is 324 g/mol. The third-order valence-corrected chi connectivity index (χ3v) is 7.91. The quantitative estimate of drug-likeness (QED) is 0.605. The average molecular weight is 367 g/mol. The van der Waals surface area contributed by atoms with Crippen LogP contribution in [0.1, 0.15) is 89.9 Å². The second-order valence-corrected chi connectivity index (χ2v) is 9.33. The number of rotatable bonds is 2. The van der Waals surface area contributed by atoms with Crippen molar-refractivity contribution in [3.05, 3.63) is 0 Å². The summed E-state index contributed by atoms with van der Waals surface area (Å²) < 4.78 is 0. The summed E-state index contributed by atoms with van der Waals surface area (Å²) in [5.41, 5.74) is 0.649. The van der Waals surface area contributed by atoms with Crippen LogP contribution in [-0.2, 0) is 0 Å². The van der Waals surface area contributed by atoms with Gasteiger partial charge in [-0.1, -0.05) is 38.5 Å². The maximum absolute atomic E-state index is 9.37. The van der Waals surface area contributed by atoms with Crippen LogP contribution in [0.5, 0.6) is 0 Å². The number of hydrogen-bond donors (Lipinski definition) is 4. The fourth-order valence-corrected chi connectivity index (χ4v) is 6.26. The highest BCUT2D eigenvalue weighted by Gasteiger charge is 2.41. The van der Waals surface area contributed by atoms with Crippen molar-refractivity contribution in [2.24, 2.45) is 11.8 Å². The van der Waals surface area contributed by atoms with Gasteiger partial charge in [0.2, 0.25) is 0 Å². The lowest BCUT2D eigenvalue weighted by atomic mass is 9.69. The molecule has 0 bridgehead atoms. The van der Waals surface area contributed by atoms with Gasteiger partial charge in [0.1, 0.15) is 0 Å². The number of piperidine rings is 2. The van der Waals surface area contributed by atoms with Crippen LogP contribution in [0, 0.1) is 11.8 Å². The molecule has 0 aromatic heterocycles. The summed E-state index contributed by atoms with van der Waals surface area (Å²) in [5, 5.41) is 26.1.